The summed E-state index contributed by atoms with van der Waals surface area (Å²) in [4.78, 5) is 26.4. The number of primary amides is 1. The standard InChI is InChI=1S/C9H10BrN3O3/c10-6-1-5(2-7(11)3-6)9(15)13-16-4-8(12)14/h1-3H,4,11H2,(H2,12,14)(H,13,15). The fourth-order valence-corrected chi connectivity index (χ4v) is 1.49. The molecule has 5 N–H and O–H groups in total. The van der Waals surface area contributed by atoms with E-state index >= 15 is 0 Å². The summed E-state index contributed by atoms with van der Waals surface area (Å²) < 4.78 is 0.674. The summed E-state index contributed by atoms with van der Waals surface area (Å²) in [5, 5.41) is 0. The second-order valence-corrected chi connectivity index (χ2v) is 3.88. The number of hydroxylamine groups is 1. The highest BCUT2D eigenvalue weighted by atomic mass is 79.9. The van der Waals surface area contributed by atoms with Crippen molar-refractivity contribution in [3.05, 3.63) is 28.2 Å². The molecule has 0 fully saturated rings. The van der Waals surface area contributed by atoms with Crippen LogP contribution in [0.3, 0.4) is 0 Å². The van der Waals surface area contributed by atoms with Crippen LogP contribution in [0.25, 0.3) is 0 Å². The van der Waals surface area contributed by atoms with Crippen LogP contribution in [0.4, 0.5) is 5.69 Å². The van der Waals surface area contributed by atoms with Gasteiger partial charge >= 0.3 is 0 Å². The molecule has 0 heterocycles. The topological polar surface area (TPSA) is 107 Å². The molecule has 0 aliphatic heterocycles. The zero-order valence-corrected chi connectivity index (χ0v) is 9.78. The molecule has 0 saturated heterocycles. The highest BCUT2D eigenvalue weighted by Crippen LogP contribution is 2.17. The van der Waals surface area contributed by atoms with Gasteiger partial charge in [0.15, 0.2) is 6.61 Å². The van der Waals surface area contributed by atoms with Gasteiger partial charge in [0.1, 0.15) is 0 Å². The van der Waals surface area contributed by atoms with E-state index in [2.05, 4.69) is 26.2 Å². The number of nitrogens with two attached hydrogens (primary N) is 2. The summed E-state index contributed by atoms with van der Waals surface area (Å²) in [6.07, 6.45) is 0. The van der Waals surface area contributed by atoms with Crippen LogP contribution in [0.2, 0.25) is 0 Å². The van der Waals surface area contributed by atoms with Crippen molar-refractivity contribution in [3.63, 3.8) is 0 Å². The molecule has 86 valence electrons. The van der Waals surface area contributed by atoms with Gasteiger partial charge in [-0.1, -0.05) is 15.9 Å². The summed E-state index contributed by atoms with van der Waals surface area (Å²) in [6, 6.07) is 4.70. The van der Waals surface area contributed by atoms with Crippen LogP contribution in [0.5, 0.6) is 0 Å². The molecular formula is C9H10BrN3O3. The monoisotopic (exact) mass is 287 g/mol. The average molecular weight is 288 g/mol. The number of rotatable bonds is 4. The maximum atomic E-state index is 11.5. The Morgan fingerprint density at radius 3 is 2.62 bits per heavy atom. The van der Waals surface area contributed by atoms with Crippen LogP contribution in [0.15, 0.2) is 22.7 Å². The molecule has 0 spiro atoms. The smallest absolute Gasteiger partial charge is 0.274 e. The summed E-state index contributed by atoms with van der Waals surface area (Å²) in [7, 11) is 0. The van der Waals surface area contributed by atoms with Gasteiger partial charge in [0.05, 0.1) is 0 Å². The van der Waals surface area contributed by atoms with Crippen molar-refractivity contribution in [2.75, 3.05) is 12.3 Å². The minimum atomic E-state index is -0.672. The SMILES string of the molecule is NC(=O)CONC(=O)c1cc(N)cc(Br)c1. The molecule has 2 amide bonds. The van der Waals surface area contributed by atoms with Crippen molar-refractivity contribution in [3.8, 4) is 0 Å². The first-order valence-corrected chi connectivity index (χ1v) is 5.05. The lowest BCUT2D eigenvalue weighted by Gasteiger charge is -2.05. The van der Waals surface area contributed by atoms with E-state index in [9.17, 15) is 9.59 Å². The highest BCUT2D eigenvalue weighted by Gasteiger charge is 2.07. The molecule has 1 rings (SSSR count). The molecule has 1 aromatic carbocycles. The van der Waals surface area contributed by atoms with Crippen LogP contribution >= 0.6 is 15.9 Å². The summed E-state index contributed by atoms with van der Waals surface area (Å²) >= 11 is 3.20. The molecule has 0 aliphatic rings. The lowest BCUT2D eigenvalue weighted by atomic mass is 10.2. The first-order valence-electron chi connectivity index (χ1n) is 4.25. The quantitative estimate of drug-likeness (QED) is 0.542. The van der Waals surface area contributed by atoms with Crippen LogP contribution in [0.1, 0.15) is 10.4 Å². The van der Waals surface area contributed by atoms with E-state index < -0.39 is 11.8 Å². The van der Waals surface area contributed by atoms with Gasteiger partial charge in [-0.2, -0.15) is 0 Å². The third kappa shape index (κ3) is 3.87. The van der Waals surface area contributed by atoms with Crippen LogP contribution in [-0.4, -0.2) is 18.4 Å². The van der Waals surface area contributed by atoms with Gasteiger partial charge in [0, 0.05) is 15.7 Å². The van der Waals surface area contributed by atoms with Crippen molar-refractivity contribution < 1.29 is 14.4 Å². The van der Waals surface area contributed by atoms with Crippen molar-refractivity contribution in [2.24, 2.45) is 5.73 Å². The third-order valence-corrected chi connectivity index (χ3v) is 2.02. The average Bonchev–Trinajstić information content (AvgIpc) is 2.15. The summed E-state index contributed by atoms with van der Waals surface area (Å²) in [5.41, 5.74) is 13.2. The molecule has 0 saturated carbocycles. The van der Waals surface area contributed by atoms with Crippen LogP contribution in [-0.2, 0) is 9.63 Å². The lowest BCUT2D eigenvalue weighted by Crippen LogP contribution is -2.29. The van der Waals surface area contributed by atoms with Gasteiger partial charge in [-0.3, -0.25) is 14.4 Å². The third-order valence-electron chi connectivity index (χ3n) is 1.56. The molecule has 0 aromatic heterocycles. The molecule has 0 unspecified atom stereocenters. The number of carbonyl (C=O) groups excluding carboxylic acids is 2. The number of benzene rings is 1. The second-order valence-electron chi connectivity index (χ2n) is 2.96. The van der Waals surface area contributed by atoms with Gasteiger partial charge in [-0.05, 0) is 18.2 Å². The minimum absolute atomic E-state index is 0.316. The fourth-order valence-electron chi connectivity index (χ4n) is 0.975. The zero-order valence-electron chi connectivity index (χ0n) is 8.20. The first-order chi connectivity index (χ1) is 7.49. The predicted octanol–water partition coefficient (Wildman–Crippen LogP) is 0.178. The Labute approximate surface area is 100 Å². The molecule has 0 atom stereocenters. The number of halogens is 1. The lowest BCUT2D eigenvalue weighted by molar-refractivity contribution is -0.124. The van der Waals surface area contributed by atoms with E-state index in [0.29, 0.717) is 15.7 Å². The molecule has 7 heteroatoms. The number of nitrogen functional groups attached to an aromatic ring is 1. The van der Waals surface area contributed by atoms with Crippen LogP contribution < -0.4 is 16.9 Å². The number of carbonyl (C=O) groups is 2. The largest absolute Gasteiger partial charge is 0.399 e. The van der Waals surface area contributed by atoms with E-state index in [1.807, 2.05) is 0 Å². The normalized spacial score (nSPS) is 9.81. The number of amides is 2. The van der Waals surface area contributed by atoms with E-state index in [-0.39, 0.29) is 6.61 Å². The van der Waals surface area contributed by atoms with Gasteiger partial charge in [-0.15, -0.1) is 0 Å². The van der Waals surface area contributed by atoms with E-state index in [4.69, 9.17) is 11.5 Å². The summed E-state index contributed by atoms with van der Waals surface area (Å²) in [6.45, 7) is -0.380. The van der Waals surface area contributed by atoms with Crippen molar-refractivity contribution in [1.29, 1.82) is 0 Å². The van der Waals surface area contributed by atoms with Gasteiger partial charge in [0.25, 0.3) is 5.91 Å². The molecule has 16 heavy (non-hydrogen) atoms. The highest BCUT2D eigenvalue weighted by molar-refractivity contribution is 9.10. The number of nitrogens with one attached hydrogen (secondary N) is 1. The van der Waals surface area contributed by atoms with Gasteiger partial charge in [0.2, 0.25) is 5.91 Å². The van der Waals surface area contributed by atoms with Gasteiger partial charge < -0.3 is 11.5 Å². The van der Waals surface area contributed by atoms with Crippen molar-refractivity contribution in [1.82, 2.24) is 5.48 Å². The summed E-state index contributed by atoms with van der Waals surface area (Å²) in [5.74, 6) is -1.18. The Morgan fingerprint density at radius 2 is 2.06 bits per heavy atom. The maximum absolute atomic E-state index is 11.5. The Bertz CT molecular complexity index is 402. The van der Waals surface area contributed by atoms with Crippen molar-refractivity contribution in [2.45, 2.75) is 0 Å². The minimum Gasteiger partial charge on any atom is -0.399 e. The first kappa shape index (κ1) is 12.5. The Hall–Kier alpha value is -1.60. The number of anilines is 1. The Morgan fingerprint density at radius 1 is 1.38 bits per heavy atom. The molecule has 6 nitrogen and oxygen atoms in total. The van der Waals surface area contributed by atoms with Gasteiger partial charge in [-0.25, -0.2) is 5.48 Å². The number of hydrogen-bond donors (Lipinski definition) is 3. The molecule has 0 radical (unpaired) electrons. The fraction of sp³-hybridized carbons (Fsp3) is 0.111. The number of hydrogen-bond acceptors (Lipinski definition) is 4. The second kappa shape index (κ2) is 5.47. The molecular weight excluding hydrogens is 278 g/mol. The van der Waals surface area contributed by atoms with E-state index in [0.717, 1.165) is 0 Å². The predicted molar refractivity (Wildman–Crippen MR) is 61.2 cm³/mol. The van der Waals surface area contributed by atoms with E-state index in [1.165, 1.54) is 6.07 Å². The molecule has 0 bridgehead atoms. The van der Waals surface area contributed by atoms with E-state index in [1.54, 1.807) is 12.1 Å². The Balaban J connectivity index is 2.62. The maximum Gasteiger partial charge on any atom is 0.274 e. The molecule has 1 aromatic rings. The Kier molecular flexibility index (Phi) is 4.27. The van der Waals surface area contributed by atoms with Crippen molar-refractivity contribution >= 4 is 33.4 Å². The van der Waals surface area contributed by atoms with Crippen LogP contribution in [0, 0.1) is 0 Å². The molecule has 0 aliphatic carbocycles. The zero-order chi connectivity index (χ0) is 12.1.